The van der Waals surface area contributed by atoms with Crippen LogP contribution in [0.1, 0.15) is 19.8 Å². The third-order valence-corrected chi connectivity index (χ3v) is 6.78. The zero-order valence-electron chi connectivity index (χ0n) is 13.2. The van der Waals surface area contributed by atoms with Crippen molar-refractivity contribution in [2.45, 2.75) is 30.7 Å². The highest BCUT2D eigenvalue weighted by Crippen LogP contribution is 2.47. The fourth-order valence-electron chi connectivity index (χ4n) is 3.30. The minimum Gasteiger partial charge on any atom is -0.315 e. The quantitative estimate of drug-likeness (QED) is 0.914. The molecule has 1 aromatic carbocycles. The van der Waals surface area contributed by atoms with Crippen LogP contribution < -0.4 is 5.32 Å². The molecule has 4 rings (SSSR count). The highest BCUT2D eigenvalue weighted by molar-refractivity contribution is 8.01. The maximum Gasteiger partial charge on any atom is 0.248 e. The van der Waals surface area contributed by atoms with Crippen LogP contribution in [0.15, 0.2) is 36.4 Å². The van der Waals surface area contributed by atoms with Crippen LogP contribution in [0.4, 0.5) is 5.00 Å². The number of rotatable bonds is 3. The Kier molecular flexibility index (Phi) is 3.85. The summed E-state index contributed by atoms with van der Waals surface area (Å²) >= 11 is 2.96. The van der Waals surface area contributed by atoms with Crippen molar-refractivity contribution in [2.24, 2.45) is 0 Å². The van der Waals surface area contributed by atoms with E-state index in [1.54, 1.807) is 16.7 Å². The summed E-state index contributed by atoms with van der Waals surface area (Å²) in [7, 11) is 0. The lowest BCUT2D eigenvalue weighted by Crippen LogP contribution is -2.47. The van der Waals surface area contributed by atoms with Gasteiger partial charge in [0.05, 0.1) is 10.6 Å². The van der Waals surface area contributed by atoms with E-state index in [9.17, 15) is 9.59 Å². The van der Waals surface area contributed by atoms with E-state index in [1.807, 2.05) is 36.4 Å². The Labute approximate surface area is 148 Å². The molecule has 7 heteroatoms. The van der Waals surface area contributed by atoms with Crippen LogP contribution >= 0.6 is 23.3 Å². The molecule has 5 nitrogen and oxygen atoms in total. The van der Waals surface area contributed by atoms with E-state index in [4.69, 9.17) is 0 Å². The SMILES string of the molecule is C[C@@]12CCC(=O)N1[C@@H](C(=O)Nc1cc(-c3ccccc3)ns1)CS2. The maximum atomic E-state index is 12.7. The molecule has 24 heavy (non-hydrogen) atoms. The van der Waals surface area contributed by atoms with Gasteiger partial charge in [-0.05, 0) is 24.9 Å². The van der Waals surface area contributed by atoms with Gasteiger partial charge in [-0.2, -0.15) is 4.37 Å². The fraction of sp³-hybridized carbons (Fsp3) is 0.353. The predicted molar refractivity (Wildman–Crippen MR) is 96.9 cm³/mol. The van der Waals surface area contributed by atoms with Crippen molar-refractivity contribution in [1.29, 1.82) is 0 Å². The van der Waals surface area contributed by atoms with Crippen LogP contribution in [0.25, 0.3) is 11.3 Å². The van der Waals surface area contributed by atoms with Crippen LogP contribution in [0, 0.1) is 0 Å². The monoisotopic (exact) mass is 359 g/mol. The van der Waals surface area contributed by atoms with Gasteiger partial charge in [0.2, 0.25) is 11.8 Å². The highest BCUT2D eigenvalue weighted by atomic mass is 32.2. The minimum atomic E-state index is -0.391. The van der Waals surface area contributed by atoms with Gasteiger partial charge in [0.1, 0.15) is 11.0 Å². The number of fused-ring (bicyclic) bond motifs is 1. The van der Waals surface area contributed by atoms with Crippen molar-refractivity contribution < 1.29 is 9.59 Å². The average molecular weight is 359 g/mol. The summed E-state index contributed by atoms with van der Waals surface area (Å²) in [5, 5.41) is 3.65. The lowest BCUT2D eigenvalue weighted by molar-refractivity contribution is -0.135. The summed E-state index contributed by atoms with van der Waals surface area (Å²) in [5.41, 5.74) is 1.87. The number of anilines is 1. The van der Waals surface area contributed by atoms with Gasteiger partial charge in [0, 0.05) is 23.8 Å². The minimum absolute atomic E-state index is 0.0805. The van der Waals surface area contributed by atoms with Gasteiger partial charge in [0.15, 0.2) is 0 Å². The van der Waals surface area contributed by atoms with Crippen LogP contribution in [0.2, 0.25) is 0 Å². The largest absolute Gasteiger partial charge is 0.315 e. The van der Waals surface area contributed by atoms with Gasteiger partial charge in [-0.3, -0.25) is 9.59 Å². The number of carbonyl (C=O) groups is 2. The number of nitrogens with zero attached hydrogens (tertiary/aromatic N) is 2. The molecule has 2 aliphatic heterocycles. The molecule has 1 aromatic heterocycles. The first-order valence-corrected chi connectivity index (χ1v) is 9.62. The second-order valence-electron chi connectivity index (χ2n) is 6.20. The van der Waals surface area contributed by atoms with Crippen LogP contribution in [0.5, 0.6) is 0 Å². The Balaban J connectivity index is 1.49. The smallest absolute Gasteiger partial charge is 0.248 e. The molecule has 0 saturated carbocycles. The van der Waals surface area contributed by atoms with E-state index >= 15 is 0 Å². The topological polar surface area (TPSA) is 62.3 Å². The van der Waals surface area contributed by atoms with Gasteiger partial charge in [-0.15, -0.1) is 11.8 Å². The number of thioether (sulfide) groups is 1. The first-order chi connectivity index (χ1) is 11.6. The lowest BCUT2D eigenvalue weighted by atomic mass is 10.1. The number of hydrogen-bond donors (Lipinski definition) is 1. The zero-order valence-corrected chi connectivity index (χ0v) is 14.8. The molecule has 1 N–H and O–H groups in total. The Morgan fingerprint density at radius 1 is 1.38 bits per heavy atom. The molecular formula is C17H17N3O2S2. The number of benzene rings is 1. The Bertz CT molecular complexity index is 792. The molecule has 2 aliphatic rings. The van der Waals surface area contributed by atoms with Crippen LogP contribution in [-0.4, -0.2) is 37.8 Å². The normalized spacial score (nSPS) is 25.8. The summed E-state index contributed by atoms with van der Waals surface area (Å²) in [5.74, 6) is 0.611. The third kappa shape index (κ3) is 2.61. The molecule has 2 aromatic rings. The van der Waals surface area contributed by atoms with Crippen LogP contribution in [-0.2, 0) is 9.59 Å². The Morgan fingerprint density at radius 3 is 2.96 bits per heavy atom. The summed E-state index contributed by atoms with van der Waals surface area (Å²) in [6, 6.07) is 11.3. The molecule has 0 unspecified atom stereocenters. The Morgan fingerprint density at radius 2 is 2.17 bits per heavy atom. The van der Waals surface area contributed by atoms with E-state index < -0.39 is 6.04 Å². The van der Waals surface area contributed by atoms with Crippen molar-refractivity contribution in [2.75, 3.05) is 11.1 Å². The molecule has 2 fully saturated rings. The van der Waals surface area contributed by atoms with E-state index in [0.29, 0.717) is 17.2 Å². The summed E-state index contributed by atoms with van der Waals surface area (Å²) in [6.07, 6.45) is 1.35. The molecule has 0 radical (unpaired) electrons. The van der Waals surface area contributed by atoms with E-state index in [0.717, 1.165) is 17.7 Å². The fourth-order valence-corrected chi connectivity index (χ4v) is 5.40. The van der Waals surface area contributed by atoms with Gasteiger partial charge in [-0.1, -0.05) is 30.3 Å². The van der Waals surface area contributed by atoms with Crippen molar-refractivity contribution in [3.05, 3.63) is 36.4 Å². The number of carbonyl (C=O) groups excluding carboxylic acids is 2. The summed E-state index contributed by atoms with van der Waals surface area (Å²) in [4.78, 5) is 26.3. The number of hydrogen-bond acceptors (Lipinski definition) is 5. The molecule has 0 spiro atoms. The zero-order chi connectivity index (χ0) is 16.7. The molecular weight excluding hydrogens is 342 g/mol. The first-order valence-electron chi connectivity index (χ1n) is 7.86. The van der Waals surface area contributed by atoms with E-state index in [-0.39, 0.29) is 16.7 Å². The molecule has 3 heterocycles. The number of nitrogens with one attached hydrogen (secondary N) is 1. The predicted octanol–water partition coefficient (Wildman–Crippen LogP) is 3.20. The van der Waals surface area contributed by atoms with E-state index in [2.05, 4.69) is 16.6 Å². The van der Waals surface area contributed by atoms with E-state index in [1.165, 1.54) is 11.5 Å². The summed E-state index contributed by atoms with van der Waals surface area (Å²) < 4.78 is 4.40. The first kappa shape index (κ1) is 15.7. The van der Waals surface area contributed by atoms with Crippen LogP contribution in [0.3, 0.4) is 0 Å². The molecule has 0 bridgehead atoms. The average Bonchev–Trinajstić information content (AvgIpc) is 3.25. The Hall–Kier alpha value is -1.86. The van der Waals surface area contributed by atoms with Crippen molar-refractivity contribution in [3.8, 4) is 11.3 Å². The van der Waals surface area contributed by atoms with Gasteiger partial charge in [0.25, 0.3) is 0 Å². The highest BCUT2D eigenvalue weighted by Gasteiger charge is 2.52. The standard InChI is InChI=1S/C17H17N3O2S2/c1-17-8-7-15(21)20(17)13(10-23-17)16(22)18-14-9-12(19-24-14)11-5-3-2-4-6-11/h2-6,9,13H,7-8,10H2,1H3,(H,18,22)/t13-,17-/m1/s1. The third-order valence-electron chi connectivity index (χ3n) is 4.57. The number of aromatic nitrogens is 1. The maximum absolute atomic E-state index is 12.7. The molecule has 2 atom stereocenters. The second kappa shape index (κ2) is 5.89. The van der Waals surface area contributed by atoms with Gasteiger partial charge < -0.3 is 10.2 Å². The van der Waals surface area contributed by atoms with Crippen molar-refractivity contribution in [1.82, 2.24) is 9.27 Å². The van der Waals surface area contributed by atoms with Crippen molar-refractivity contribution >= 4 is 40.1 Å². The van der Waals surface area contributed by atoms with Gasteiger partial charge in [-0.25, -0.2) is 0 Å². The molecule has 2 amide bonds. The van der Waals surface area contributed by atoms with Crippen molar-refractivity contribution in [3.63, 3.8) is 0 Å². The molecule has 2 saturated heterocycles. The summed E-state index contributed by atoms with van der Waals surface area (Å²) in [6.45, 7) is 2.05. The van der Waals surface area contributed by atoms with Gasteiger partial charge >= 0.3 is 0 Å². The molecule has 0 aliphatic carbocycles. The molecule has 124 valence electrons. The lowest BCUT2D eigenvalue weighted by Gasteiger charge is -2.29. The second-order valence-corrected chi connectivity index (χ2v) is 8.50. The number of amides is 2.